The summed E-state index contributed by atoms with van der Waals surface area (Å²) in [5, 5.41) is 11.7. The number of fused-ring (bicyclic) bond motifs is 1. The minimum Gasteiger partial charge on any atom is -0.497 e. The first kappa shape index (κ1) is 20.9. The minimum atomic E-state index is -0.132. The number of rotatable bonds is 4. The predicted octanol–water partition coefficient (Wildman–Crippen LogP) is 3.28. The van der Waals surface area contributed by atoms with Crippen molar-refractivity contribution in [1.29, 1.82) is 0 Å². The molecule has 9 heteroatoms. The van der Waals surface area contributed by atoms with Crippen molar-refractivity contribution in [2.75, 3.05) is 56.7 Å². The van der Waals surface area contributed by atoms with Crippen LogP contribution in [0.25, 0.3) is 11.3 Å². The molecule has 0 radical (unpaired) electrons. The molecule has 33 heavy (non-hydrogen) atoms. The zero-order chi connectivity index (χ0) is 22.6. The third-order valence-corrected chi connectivity index (χ3v) is 5.72. The van der Waals surface area contributed by atoms with Crippen molar-refractivity contribution in [2.45, 2.75) is 0 Å². The number of anilines is 2. The van der Waals surface area contributed by atoms with E-state index in [1.165, 1.54) is 0 Å². The van der Waals surface area contributed by atoms with Gasteiger partial charge in [-0.05, 0) is 48.5 Å². The smallest absolute Gasteiger partial charge is 0.321 e. The van der Waals surface area contributed by atoms with Crippen LogP contribution in [0.15, 0.2) is 54.6 Å². The quantitative estimate of drug-likeness (QED) is 0.657. The number of nitrogens with zero attached hydrogens (tertiary/aromatic N) is 4. The van der Waals surface area contributed by atoms with Gasteiger partial charge in [0.1, 0.15) is 19.0 Å². The minimum absolute atomic E-state index is 0.132. The van der Waals surface area contributed by atoms with Crippen LogP contribution >= 0.6 is 0 Å². The maximum atomic E-state index is 12.7. The number of ether oxygens (including phenoxy) is 3. The third kappa shape index (κ3) is 4.62. The highest BCUT2D eigenvalue weighted by molar-refractivity contribution is 5.90. The first-order valence-corrected chi connectivity index (χ1v) is 10.9. The van der Waals surface area contributed by atoms with Gasteiger partial charge in [0.2, 0.25) is 0 Å². The highest BCUT2D eigenvalue weighted by Crippen LogP contribution is 2.32. The van der Waals surface area contributed by atoms with Gasteiger partial charge in [-0.15, -0.1) is 10.2 Å². The van der Waals surface area contributed by atoms with Gasteiger partial charge in [0.25, 0.3) is 0 Å². The van der Waals surface area contributed by atoms with Crippen molar-refractivity contribution in [2.24, 2.45) is 0 Å². The Morgan fingerprint density at radius 2 is 1.67 bits per heavy atom. The number of benzene rings is 2. The summed E-state index contributed by atoms with van der Waals surface area (Å²) in [4.78, 5) is 16.6. The predicted molar refractivity (Wildman–Crippen MR) is 124 cm³/mol. The van der Waals surface area contributed by atoms with Crippen molar-refractivity contribution < 1.29 is 19.0 Å². The Morgan fingerprint density at radius 3 is 2.36 bits per heavy atom. The van der Waals surface area contributed by atoms with Gasteiger partial charge < -0.3 is 29.3 Å². The van der Waals surface area contributed by atoms with E-state index in [4.69, 9.17) is 14.2 Å². The van der Waals surface area contributed by atoms with Crippen molar-refractivity contribution in [1.82, 2.24) is 15.1 Å². The third-order valence-electron chi connectivity index (χ3n) is 5.72. The van der Waals surface area contributed by atoms with Crippen LogP contribution in [0.2, 0.25) is 0 Å². The van der Waals surface area contributed by atoms with Crippen molar-refractivity contribution in [3.8, 4) is 28.5 Å². The van der Waals surface area contributed by atoms with E-state index in [-0.39, 0.29) is 6.03 Å². The molecule has 2 amide bonds. The van der Waals surface area contributed by atoms with Crippen molar-refractivity contribution >= 4 is 17.5 Å². The number of hydrogen-bond acceptors (Lipinski definition) is 7. The van der Waals surface area contributed by atoms with E-state index >= 15 is 0 Å². The Hall–Kier alpha value is -4.01. The van der Waals surface area contributed by atoms with Gasteiger partial charge in [0, 0.05) is 43.5 Å². The SMILES string of the molecule is COc1ccc(-c2ccc(N3CCN(C(=O)Nc4ccc5c(c4)OCCO5)CC3)nn2)cc1. The van der Waals surface area contributed by atoms with Gasteiger partial charge in [0.05, 0.1) is 12.8 Å². The van der Waals surface area contributed by atoms with Gasteiger partial charge in [-0.1, -0.05) is 0 Å². The molecule has 0 atom stereocenters. The molecule has 0 bridgehead atoms. The Kier molecular flexibility index (Phi) is 5.84. The summed E-state index contributed by atoms with van der Waals surface area (Å²) in [6.07, 6.45) is 0. The second-order valence-corrected chi connectivity index (χ2v) is 7.77. The highest BCUT2D eigenvalue weighted by Gasteiger charge is 2.23. The summed E-state index contributed by atoms with van der Waals surface area (Å²) in [6.45, 7) is 3.61. The number of carbonyl (C=O) groups is 1. The molecule has 170 valence electrons. The van der Waals surface area contributed by atoms with E-state index in [1.54, 1.807) is 18.1 Å². The Morgan fingerprint density at radius 1 is 0.909 bits per heavy atom. The van der Waals surface area contributed by atoms with E-state index in [1.807, 2.05) is 48.5 Å². The molecule has 0 saturated carbocycles. The maximum Gasteiger partial charge on any atom is 0.321 e. The molecule has 0 unspecified atom stereocenters. The lowest BCUT2D eigenvalue weighted by molar-refractivity contribution is 0.171. The zero-order valence-electron chi connectivity index (χ0n) is 18.4. The molecule has 1 fully saturated rings. The first-order valence-electron chi connectivity index (χ1n) is 10.9. The number of nitrogens with one attached hydrogen (secondary N) is 1. The molecular formula is C24H25N5O4. The highest BCUT2D eigenvalue weighted by atomic mass is 16.6. The van der Waals surface area contributed by atoms with Gasteiger partial charge in [-0.3, -0.25) is 0 Å². The fraction of sp³-hybridized carbons (Fsp3) is 0.292. The summed E-state index contributed by atoms with van der Waals surface area (Å²) < 4.78 is 16.3. The number of piperazine rings is 1. The lowest BCUT2D eigenvalue weighted by atomic mass is 10.1. The van der Waals surface area contributed by atoms with Gasteiger partial charge in [0.15, 0.2) is 17.3 Å². The van der Waals surface area contributed by atoms with Crippen LogP contribution in [0.4, 0.5) is 16.3 Å². The van der Waals surface area contributed by atoms with Crippen molar-refractivity contribution in [3.05, 3.63) is 54.6 Å². The Balaban J connectivity index is 1.16. The summed E-state index contributed by atoms with van der Waals surface area (Å²) in [5.41, 5.74) is 2.47. The van der Waals surface area contributed by atoms with E-state index in [0.717, 1.165) is 22.8 Å². The molecule has 3 aromatic rings. The molecule has 1 saturated heterocycles. The molecule has 2 aliphatic rings. The monoisotopic (exact) mass is 447 g/mol. The molecule has 5 rings (SSSR count). The lowest BCUT2D eigenvalue weighted by Gasteiger charge is -2.35. The molecule has 1 N–H and O–H groups in total. The Labute approximate surface area is 191 Å². The number of urea groups is 1. The van der Waals surface area contributed by atoms with Crippen molar-refractivity contribution in [3.63, 3.8) is 0 Å². The zero-order valence-corrected chi connectivity index (χ0v) is 18.4. The lowest BCUT2D eigenvalue weighted by Crippen LogP contribution is -2.50. The van der Waals surface area contributed by atoms with Crippen LogP contribution in [-0.4, -0.2) is 67.6 Å². The average molecular weight is 447 g/mol. The number of aromatic nitrogens is 2. The summed E-state index contributed by atoms with van der Waals surface area (Å²) in [7, 11) is 1.64. The summed E-state index contributed by atoms with van der Waals surface area (Å²) in [6, 6.07) is 17.0. The van der Waals surface area contributed by atoms with Gasteiger partial charge in [-0.2, -0.15) is 0 Å². The van der Waals surface area contributed by atoms with Crippen LogP contribution in [0.1, 0.15) is 0 Å². The summed E-state index contributed by atoms with van der Waals surface area (Å²) in [5.74, 6) is 2.96. The fourth-order valence-corrected chi connectivity index (χ4v) is 3.87. The molecule has 2 aromatic carbocycles. The molecule has 9 nitrogen and oxygen atoms in total. The Bertz CT molecular complexity index is 1110. The van der Waals surface area contributed by atoms with Crippen LogP contribution in [-0.2, 0) is 0 Å². The number of carbonyl (C=O) groups excluding carboxylic acids is 1. The molecule has 0 aliphatic carbocycles. The average Bonchev–Trinajstić information content (AvgIpc) is 2.89. The topological polar surface area (TPSA) is 89.1 Å². The first-order chi connectivity index (χ1) is 16.2. The standard InChI is InChI=1S/C24H25N5O4/c1-31-19-5-2-17(3-6-19)20-7-9-23(27-26-20)28-10-12-29(13-11-28)24(30)25-18-4-8-21-22(16-18)33-15-14-32-21/h2-9,16H,10-15H2,1H3,(H,25,30). The molecular weight excluding hydrogens is 422 g/mol. The second kappa shape index (κ2) is 9.23. The van der Waals surface area contributed by atoms with Crippen LogP contribution in [0.3, 0.4) is 0 Å². The second-order valence-electron chi connectivity index (χ2n) is 7.77. The number of methoxy groups -OCH3 is 1. The summed E-state index contributed by atoms with van der Waals surface area (Å²) >= 11 is 0. The molecule has 0 spiro atoms. The normalized spacial score (nSPS) is 15.2. The van der Waals surface area contributed by atoms with Gasteiger partial charge >= 0.3 is 6.03 Å². The molecule has 3 heterocycles. The van der Waals surface area contributed by atoms with E-state index < -0.39 is 0 Å². The van der Waals surface area contributed by atoms with E-state index in [0.29, 0.717) is 56.6 Å². The molecule has 2 aliphatic heterocycles. The number of amides is 2. The largest absolute Gasteiger partial charge is 0.497 e. The van der Waals surface area contributed by atoms with E-state index in [9.17, 15) is 4.79 Å². The maximum absolute atomic E-state index is 12.7. The number of hydrogen-bond donors (Lipinski definition) is 1. The molecule has 1 aromatic heterocycles. The van der Waals surface area contributed by atoms with Crippen LogP contribution in [0.5, 0.6) is 17.2 Å². The van der Waals surface area contributed by atoms with Gasteiger partial charge in [-0.25, -0.2) is 4.79 Å². The van der Waals surface area contributed by atoms with Crippen LogP contribution in [0, 0.1) is 0 Å². The fourth-order valence-electron chi connectivity index (χ4n) is 3.87. The van der Waals surface area contributed by atoms with Crippen LogP contribution < -0.4 is 24.4 Å². The van der Waals surface area contributed by atoms with E-state index in [2.05, 4.69) is 20.4 Å².